The molecule has 0 radical (unpaired) electrons. The third-order valence-electron chi connectivity index (χ3n) is 6.60. The van der Waals surface area contributed by atoms with Crippen molar-refractivity contribution in [2.45, 2.75) is 30.3 Å². The minimum atomic E-state index is -3.81. The van der Waals surface area contributed by atoms with Crippen molar-refractivity contribution < 1.29 is 22.4 Å². The summed E-state index contributed by atoms with van der Waals surface area (Å²) in [6, 6.07) is 25.1. The molecule has 0 spiro atoms. The smallest absolute Gasteiger partial charge is 0.261 e. The van der Waals surface area contributed by atoms with Gasteiger partial charge in [0.05, 0.1) is 10.6 Å². The highest BCUT2D eigenvalue weighted by Crippen LogP contribution is 2.22. The third kappa shape index (κ3) is 7.84. The number of rotatable bonds is 13. The molecule has 0 saturated carbocycles. The number of halogens is 1. The van der Waals surface area contributed by atoms with Crippen molar-refractivity contribution in [2.24, 2.45) is 0 Å². The molecule has 2 aromatic heterocycles. The van der Waals surface area contributed by atoms with E-state index in [9.17, 15) is 17.9 Å². The Morgan fingerprint density at radius 3 is 2.29 bits per heavy atom. The molecule has 11 heteroatoms. The molecule has 5 aromatic rings. The number of anilines is 1. The molecule has 0 aliphatic carbocycles. The number of pyridine rings is 1. The van der Waals surface area contributed by atoms with Gasteiger partial charge in [0.25, 0.3) is 10.0 Å². The molecule has 216 valence electrons. The summed E-state index contributed by atoms with van der Waals surface area (Å²) in [4.78, 5) is 8.64. The molecule has 0 saturated heterocycles. The van der Waals surface area contributed by atoms with E-state index in [1.165, 1.54) is 24.3 Å². The number of nitrogens with zero attached hydrogens (tertiary/aromatic N) is 3. The van der Waals surface area contributed by atoms with Gasteiger partial charge in [-0.15, -0.1) is 0 Å². The first-order valence-corrected chi connectivity index (χ1v) is 14.9. The van der Waals surface area contributed by atoms with Crippen LogP contribution in [0.1, 0.15) is 28.8 Å². The summed E-state index contributed by atoms with van der Waals surface area (Å²) in [7, 11) is -3.81. The highest BCUT2D eigenvalue weighted by Gasteiger charge is 2.16. The Morgan fingerprint density at radius 2 is 1.57 bits per heavy atom. The molecule has 3 N–H and O–H groups in total. The van der Waals surface area contributed by atoms with Gasteiger partial charge < -0.3 is 14.9 Å². The molecule has 2 heterocycles. The second-order valence-corrected chi connectivity index (χ2v) is 11.4. The lowest BCUT2D eigenvalue weighted by Gasteiger charge is -2.12. The van der Waals surface area contributed by atoms with Crippen LogP contribution in [0.2, 0.25) is 0 Å². The first kappa shape index (κ1) is 29.1. The van der Waals surface area contributed by atoms with E-state index >= 15 is 0 Å². The molecule has 5 rings (SSSR count). The minimum absolute atomic E-state index is 0.103. The number of hydrogen-bond donors (Lipinski definition) is 3. The van der Waals surface area contributed by atoms with Crippen LogP contribution >= 0.6 is 0 Å². The van der Waals surface area contributed by atoms with E-state index in [1.807, 2.05) is 18.2 Å². The van der Waals surface area contributed by atoms with E-state index in [2.05, 4.69) is 25.2 Å². The lowest BCUT2D eigenvalue weighted by atomic mass is 10.1. The summed E-state index contributed by atoms with van der Waals surface area (Å²) in [6.07, 6.45) is 2.81. The van der Waals surface area contributed by atoms with E-state index in [4.69, 9.17) is 4.52 Å². The van der Waals surface area contributed by atoms with Crippen molar-refractivity contribution in [2.75, 3.05) is 17.8 Å². The molecule has 0 amide bonds. The summed E-state index contributed by atoms with van der Waals surface area (Å²) >= 11 is 0. The molecule has 0 aliphatic rings. The summed E-state index contributed by atoms with van der Waals surface area (Å²) in [5.74, 6) is 0.513. The van der Waals surface area contributed by atoms with Gasteiger partial charge in [-0.1, -0.05) is 35.5 Å². The van der Waals surface area contributed by atoms with Gasteiger partial charge >= 0.3 is 0 Å². The fourth-order valence-electron chi connectivity index (χ4n) is 4.26. The van der Waals surface area contributed by atoms with E-state index in [0.29, 0.717) is 61.0 Å². The van der Waals surface area contributed by atoms with Gasteiger partial charge in [0.15, 0.2) is 0 Å². The number of aryl methyl sites for hydroxylation is 2. The predicted octanol–water partition coefficient (Wildman–Crippen LogP) is 4.72. The maximum absolute atomic E-state index is 13.1. The van der Waals surface area contributed by atoms with E-state index < -0.39 is 16.1 Å². The Balaban J connectivity index is 1.11. The number of aromatic nitrogens is 3. The Morgan fingerprint density at radius 1 is 0.857 bits per heavy atom. The standard InChI is InChI=1S/C31H30FN5O4S/c32-25-11-4-22(5-12-25)8-17-30-35-31(36-41-30)24-9-15-27(16-10-24)42(39,40)37-26-13-6-23(7-14-26)18-20-33-21-29(38)28-3-1-2-19-34-28/h1-7,9-16,19,29,33,37-38H,8,17-18,20-21H2/t29-/m1/s1. The predicted molar refractivity (Wildman–Crippen MR) is 157 cm³/mol. The van der Waals surface area contributed by atoms with Crippen molar-refractivity contribution in [1.29, 1.82) is 0 Å². The Labute approximate surface area is 243 Å². The monoisotopic (exact) mass is 587 g/mol. The lowest BCUT2D eigenvalue weighted by Crippen LogP contribution is -2.24. The van der Waals surface area contributed by atoms with E-state index in [1.54, 1.807) is 54.7 Å². The molecule has 42 heavy (non-hydrogen) atoms. The fraction of sp³-hybridized carbons (Fsp3) is 0.194. The molecule has 0 aliphatic heterocycles. The minimum Gasteiger partial charge on any atom is -0.385 e. The zero-order chi connectivity index (χ0) is 29.4. The highest BCUT2D eigenvalue weighted by molar-refractivity contribution is 7.92. The van der Waals surface area contributed by atoms with Crippen LogP contribution in [-0.4, -0.2) is 41.7 Å². The lowest BCUT2D eigenvalue weighted by molar-refractivity contribution is 0.170. The number of aliphatic hydroxyl groups excluding tert-OH is 1. The van der Waals surface area contributed by atoms with Crippen LogP contribution in [-0.2, 0) is 29.3 Å². The highest BCUT2D eigenvalue weighted by atomic mass is 32.2. The molecule has 0 fully saturated rings. The van der Waals surface area contributed by atoms with E-state index in [-0.39, 0.29) is 10.7 Å². The van der Waals surface area contributed by atoms with E-state index in [0.717, 1.165) is 11.1 Å². The second-order valence-electron chi connectivity index (χ2n) is 9.69. The fourth-order valence-corrected chi connectivity index (χ4v) is 5.32. The summed E-state index contributed by atoms with van der Waals surface area (Å²) in [6.45, 7) is 1.04. The summed E-state index contributed by atoms with van der Waals surface area (Å²) in [5.41, 5.74) is 3.68. The molecular weight excluding hydrogens is 557 g/mol. The third-order valence-corrected chi connectivity index (χ3v) is 7.99. The maximum Gasteiger partial charge on any atom is 0.261 e. The second kappa shape index (κ2) is 13.5. The molecule has 0 unspecified atom stereocenters. The molecule has 3 aromatic carbocycles. The van der Waals surface area contributed by atoms with Crippen LogP contribution < -0.4 is 10.0 Å². The van der Waals surface area contributed by atoms with Gasteiger partial charge in [-0.3, -0.25) is 9.71 Å². The van der Waals surface area contributed by atoms with Gasteiger partial charge in [-0.05, 0) is 91.2 Å². The van der Waals surface area contributed by atoms with Gasteiger partial charge in [0.2, 0.25) is 11.7 Å². The number of hydrogen-bond acceptors (Lipinski definition) is 8. The van der Waals surface area contributed by atoms with Crippen molar-refractivity contribution in [3.8, 4) is 11.4 Å². The maximum atomic E-state index is 13.1. The average molecular weight is 588 g/mol. The first-order chi connectivity index (χ1) is 20.4. The van der Waals surface area contributed by atoms with Gasteiger partial charge in [-0.2, -0.15) is 4.98 Å². The van der Waals surface area contributed by atoms with Crippen molar-refractivity contribution >= 4 is 15.7 Å². The summed E-state index contributed by atoms with van der Waals surface area (Å²) < 4.78 is 46.9. The summed E-state index contributed by atoms with van der Waals surface area (Å²) in [5, 5.41) is 17.4. The zero-order valence-corrected chi connectivity index (χ0v) is 23.5. The van der Waals surface area contributed by atoms with Crippen LogP contribution in [0, 0.1) is 5.82 Å². The first-order valence-electron chi connectivity index (χ1n) is 13.4. The normalized spacial score (nSPS) is 12.2. The van der Waals surface area contributed by atoms with Gasteiger partial charge in [0.1, 0.15) is 11.9 Å². The van der Waals surface area contributed by atoms with Crippen LogP contribution in [0.3, 0.4) is 0 Å². The van der Waals surface area contributed by atoms with Gasteiger partial charge in [0, 0.05) is 30.4 Å². The molecule has 1 atom stereocenters. The van der Waals surface area contributed by atoms with Crippen molar-refractivity contribution in [3.05, 3.63) is 126 Å². The number of nitrogens with one attached hydrogen (secondary N) is 2. The number of benzene rings is 3. The largest absolute Gasteiger partial charge is 0.385 e. The molecular formula is C31H30FN5O4S. The van der Waals surface area contributed by atoms with Crippen molar-refractivity contribution in [3.63, 3.8) is 0 Å². The van der Waals surface area contributed by atoms with Gasteiger partial charge in [-0.25, -0.2) is 12.8 Å². The Kier molecular flexibility index (Phi) is 9.32. The average Bonchev–Trinajstić information content (AvgIpc) is 3.49. The number of sulfonamides is 1. The molecule has 0 bridgehead atoms. The number of aliphatic hydroxyl groups is 1. The molecule has 9 nitrogen and oxygen atoms in total. The Hall–Kier alpha value is -4.45. The van der Waals surface area contributed by atoms with Crippen LogP contribution in [0.25, 0.3) is 11.4 Å². The zero-order valence-electron chi connectivity index (χ0n) is 22.7. The van der Waals surface area contributed by atoms with Crippen LogP contribution in [0.15, 0.2) is 107 Å². The SMILES string of the molecule is O=S(=O)(Nc1ccc(CCNC[C@@H](O)c2ccccn2)cc1)c1ccc(-c2noc(CCc3ccc(F)cc3)n2)cc1. The quantitative estimate of drug-likeness (QED) is 0.169. The van der Waals surface area contributed by atoms with Crippen molar-refractivity contribution in [1.82, 2.24) is 20.4 Å². The Bertz CT molecular complexity index is 1680. The van der Waals surface area contributed by atoms with Crippen LogP contribution in [0.4, 0.5) is 10.1 Å². The topological polar surface area (TPSA) is 130 Å². The van der Waals surface area contributed by atoms with Crippen LogP contribution in [0.5, 0.6) is 0 Å².